The topological polar surface area (TPSA) is 12.9 Å². The van der Waals surface area contributed by atoms with Gasteiger partial charge in [-0.2, -0.15) is 0 Å². The molecule has 0 radical (unpaired) electrons. The van der Waals surface area contributed by atoms with E-state index >= 15 is 0 Å². The van der Waals surface area contributed by atoms with E-state index in [9.17, 15) is 0 Å². The molecule has 4 rings (SSSR count). The minimum Gasteiger partial charge on any atom is -0.247 e. The summed E-state index contributed by atoms with van der Waals surface area (Å²) < 4.78 is 0. The summed E-state index contributed by atoms with van der Waals surface area (Å²) in [5.74, 6) is 0. The molecule has 0 atom stereocenters. The van der Waals surface area contributed by atoms with Gasteiger partial charge in [0.05, 0.1) is 11.4 Å². The molecule has 0 bridgehead atoms. The van der Waals surface area contributed by atoms with Crippen LogP contribution in [-0.4, -0.2) is 4.98 Å². The van der Waals surface area contributed by atoms with Gasteiger partial charge >= 0.3 is 0 Å². The molecular weight excluding hydrogens is 326 g/mol. The maximum Gasteiger partial charge on any atom is 0.0745 e. The number of pyridine rings is 1. The number of nitrogens with zero attached hydrogens (tertiary/aromatic N) is 1. The zero-order valence-electron chi connectivity index (χ0n) is 16.0. The van der Waals surface area contributed by atoms with Crippen LogP contribution in [0.5, 0.6) is 0 Å². The van der Waals surface area contributed by atoms with E-state index in [4.69, 9.17) is 4.98 Å². The highest BCUT2D eigenvalue weighted by Crippen LogP contribution is 2.38. The SMILES string of the molecule is Cc1ccc(-c2nc(-c3ccccc3)c(C)c(-c3ccccc3)c2C)cc1. The second-order valence-corrected chi connectivity index (χ2v) is 7.03. The van der Waals surface area contributed by atoms with Gasteiger partial charge in [-0.1, -0.05) is 90.5 Å². The van der Waals surface area contributed by atoms with Crippen molar-refractivity contribution in [1.29, 1.82) is 0 Å². The molecule has 1 aromatic heterocycles. The van der Waals surface area contributed by atoms with Crippen LogP contribution in [-0.2, 0) is 0 Å². The Hall–Kier alpha value is -3.19. The third-order valence-corrected chi connectivity index (χ3v) is 5.12. The molecule has 0 aliphatic heterocycles. The first-order valence-electron chi connectivity index (χ1n) is 9.34. The van der Waals surface area contributed by atoms with Gasteiger partial charge in [0, 0.05) is 11.1 Å². The zero-order valence-corrected chi connectivity index (χ0v) is 16.0. The first kappa shape index (κ1) is 17.2. The van der Waals surface area contributed by atoms with Gasteiger partial charge in [0.2, 0.25) is 0 Å². The molecule has 132 valence electrons. The van der Waals surface area contributed by atoms with E-state index in [1.165, 1.54) is 27.8 Å². The summed E-state index contributed by atoms with van der Waals surface area (Å²) in [5, 5.41) is 0. The predicted molar refractivity (Wildman–Crippen MR) is 115 cm³/mol. The smallest absolute Gasteiger partial charge is 0.0745 e. The minimum absolute atomic E-state index is 1.05. The van der Waals surface area contributed by atoms with Crippen molar-refractivity contribution in [2.75, 3.05) is 0 Å². The van der Waals surface area contributed by atoms with Crippen LogP contribution in [0.2, 0.25) is 0 Å². The van der Waals surface area contributed by atoms with Crippen LogP contribution in [0.3, 0.4) is 0 Å². The van der Waals surface area contributed by atoms with Gasteiger partial charge in [-0.05, 0) is 43.0 Å². The van der Waals surface area contributed by atoms with Crippen LogP contribution in [0.15, 0.2) is 84.9 Å². The number of aryl methyl sites for hydroxylation is 1. The number of hydrogen-bond acceptors (Lipinski definition) is 1. The summed E-state index contributed by atoms with van der Waals surface area (Å²) in [4.78, 5) is 5.13. The normalized spacial score (nSPS) is 10.8. The van der Waals surface area contributed by atoms with E-state index < -0.39 is 0 Å². The molecule has 0 amide bonds. The Morgan fingerprint density at radius 1 is 0.481 bits per heavy atom. The molecule has 0 spiro atoms. The molecule has 0 saturated carbocycles. The Kier molecular flexibility index (Phi) is 4.60. The van der Waals surface area contributed by atoms with Crippen LogP contribution in [0.1, 0.15) is 16.7 Å². The van der Waals surface area contributed by atoms with E-state index in [1.54, 1.807) is 0 Å². The predicted octanol–water partition coefficient (Wildman–Crippen LogP) is 7.01. The van der Waals surface area contributed by atoms with E-state index in [1.807, 2.05) is 6.07 Å². The van der Waals surface area contributed by atoms with E-state index in [0.717, 1.165) is 22.5 Å². The van der Waals surface area contributed by atoms with Gasteiger partial charge in [-0.25, -0.2) is 4.98 Å². The van der Waals surface area contributed by atoms with Crippen molar-refractivity contribution in [2.45, 2.75) is 20.8 Å². The first-order chi connectivity index (χ1) is 13.1. The van der Waals surface area contributed by atoms with Crippen molar-refractivity contribution < 1.29 is 0 Å². The molecular formula is C26H23N. The fourth-order valence-corrected chi connectivity index (χ4v) is 3.70. The summed E-state index contributed by atoms with van der Waals surface area (Å²) >= 11 is 0. The minimum atomic E-state index is 1.05. The lowest BCUT2D eigenvalue weighted by Crippen LogP contribution is -2.00. The lowest BCUT2D eigenvalue weighted by atomic mass is 9.90. The third-order valence-electron chi connectivity index (χ3n) is 5.12. The van der Waals surface area contributed by atoms with E-state index in [0.29, 0.717) is 0 Å². The summed E-state index contributed by atoms with van der Waals surface area (Å²) in [5.41, 5.74) is 10.6. The van der Waals surface area contributed by atoms with Crippen LogP contribution < -0.4 is 0 Å². The average Bonchev–Trinajstić information content (AvgIpc) is 2.71. The molecule has 1 nitrogen and oxygen atoms in total. The van der Waals surface area contributed by atoms with Crippen molar-refractivity contribution in [3.63, 3.8) is 0 Å². The average molecular weight is 349 g/mol. The Labute approximate surface area is 161 Å². The molecule has 0 aliphatic carbocycles. The molecule has 27 heavy (non-hydrogen) atoms. The number of benzene rings is 3. The van der Waals surface area contributed by atoms with Gasteiger partial charge in [0.15, 0.2) is 0 Å². The van der Waals surface area contributed by atoms with Crippen LogP contribution >= 0.6 is 0 Å². The summed E-state index contributed by atoms with van der Waals surface area (Å²) in [6.45, 7) is 6.49. The zero-order chi connectivity index (χ0) is 18.8. The highest BCUT2D eigenvalue weighted by Gasteiger charge is 2.17. The molecule has 1 heteroatoms. The van der Waals surface area contributed by atoms with Crippen LogP contribution in [0.25, 0.3) is 33.6 Å². The maximum atomic E-state index is 5.13. The van der Waals surface area contributed by atoms with Crippen molar-refractivity contribution in [3.05, 3.63) is 102 Å². The lowest BCUT2D eigenvalue weighted by Gasteiger charge is -2.18. The summed E-state index contributed by atoms with van der Waals surface area (Å²) in [6.07, 6.45) is 0. The molecule has 0 saturated heterocycles. The molecule has 0 fully saturated rings. The number of hydrogen-bond donors (Lipinski definition) is 0. The third kappa shape index (κ3) is 3.29. The summed E-state index contributed by atoms with van der Waals surface area (Å²) in [6, 6.07) is 29.7. The Morgan fingerprint density at radius 3 is 1.44 bits per heavy atom. The molecule has 3 aromatic carbocycles. The van der Waals surface area contributed by atoms with E-state index in [2.05, 4.69) is 99.6 Å². The van der Waals surface area contributed by atoms with Crippen molar-refractivity contribution in [1.82, 2.24) is 4.98 Å². The highest BCUT2D eigenvalue weighted by molar-refractivity contribution is 5.84. The van der Waals surface area contributed by atoms with Crippen molar-refractivity contribution in [3.8, 4) is 33.6 Å². The van der Waals surface area contributed by atoms with Crippen LogP contribution in [0.4, 0.5) is 0 Å². The monoisotopic (exact) mass is 349 g/mol. The van der Waals surface area contributed by atoms with Gasteiger partial charge in [-0.3, -0.25) is 0 Å². The fraction of sp³-hybridized carbons (Fsp3) is 0.115. The lowest BCUT2D eigenvalue weighted by molar-refractivity contribution is 1.23. The first-order valence-corrected chi connectivity index (χ1v) is 9.34. The highest BCUT2D eigenvalue weighted by atomic mass is 14.7. The largest absolute Gasteiger partial charge is 0.247 e. The van der Waals surface area contributed by atoms with E-state index in [-0.39, 0.29) is 0 Å². The Morgan fingerprint density at radius 2 is 0.926 bits per heavy atom. The standard InChI is InChI=1S/C26H23N/c1-18-14-16-23(17-15-18)26-20(3)24(21-10-6-4-7-11-21)19(2)25(27-26)22-12-8-5-9-13-22/h4-17H,1-3H3. The van der Waals surface area contributed by atoms with Crippen molar-refractivity contribution in [2.24, 2.45) is 0 Å². The molecule has 0 unspecified atom stereocenters. The molecule has 1 heterocycles. The quantitative estimate of drug-likeness (QED) is 0.388. The molecule has 4 aromatic rings. The van der Waals surface area contributed by atoms with Gasteiger partial charge in [-0.15, -0.1) is 0 Å². The second kappa shape index (κ2) is 7.20. The Balaban J connectivity index is 2.03. The maximum absolute atomic E-state index is 5.13. The van der Waals surface area contributed by atoms with Crippen molar-refractivity contribution >= 4 is 0 Å². The van der Waals surface area contributed by atoms with Gasteiger partial charge in [0.1, 0.15) is 0 Å². The fourth-order valence-electron chi connectivity index (χ4n) is 3.70. The Bertz CT molecular complexity index is 1060. The summed E-state index contributed by atoms with van der Waals surface area (Å²) in [7, 11) is 0. The number of aromatic nitrogens is 1. The van der Waals surface area contributed by atoms with Gasteiger partial charge < -0.3 is 0 Å². The van der Waals surface area contributed by atoms with Crippen LogP contribution in [0, 0.1) is 20.8 Å². The molecule has 0 N–H and O–H groups in total. The second-order valence-electron chi connectivity index (χ2n) is 7.03. The van der Waals surface area contributed by atoms with Gasteiger partial charge in [0.25, 0.3) is 0 Å². The molecule has 0 aliphatic rings. The number of rotatable bonds is 3.